The molecule has 0 heterocycles. The number of fused-ring (bicyclic) bond motifs is 4. The molecule has 0 spiro atoms. The van der Waals surface area contributed by atoms with Crippen molar-refractivity contribution in [3.05, 3.63) is 279 Å². The van der Waals surface area contributed by atoms with Crippen LogP contribution in [0, 0.1) is 24.7 Å². The van der Waals surface area contributed by atoms with Gasteiger partial charge >= 0.3 is 44.8 Å². The van der Waals surface area contributed by atoms with Crippen molar-refractivity contribution in [3.8, 4) is 11.8 Å². The number of hydrogen-bond acceptors (Lipinski definition) is 0. The summed E-state index contributed by atoms with van der Waals surface area (Å²) in [5.74, 6) is 4.83. The largest absolute Gasteiger partial charge is 1.00 e. The zero-order valence-corrected chi connectivity index (χ0v) is 42.2. The molecule has 322 valence electrons. The monoisotopic (exact) mass is 1240 g/mol. The topological polar surface area (TPSA) is 0 Å². The minimum atomic E-state index is -1.14. The third kappa shape index (κ3) is 11.3. The molecule has 0 aliphatic heterocycles. The third-order valence-electron chi connectivity index (χ3n) is 11.4. The second kappa shape index (κ2) is 23.4. The fraction of sp³-hybridized carbons (Fsp3) is 0. The van der Waals surface area contributed by atoms with Gasteiger partial charge < -0.3 is 12.8 Å². The summed E-state index contributed by atoms with van der Waals surface area (Å²) >= 11 is 0. The maximum atomic E-state index is 7.13. The molecule has 0 nitrogen and oxygen atoms in total. The van der Waals surface area contributed by atoms with Crippen LogP contribution in [0.3, 0.4) is 0 Å². The van der Waals surface area contributed by atoms with Gasteiger partial charge in [-0.2, -0.15) is 0 Å². The molecule has 0 amide bonds. The van der Waals surface area contributed by atoms with Crippen LogP contribution in [-0.2, 0) is 44.8 Å². The van der Waals surface area contributed by atoms with Gasteiger partial charge in [-0.15, -0.1) is 35.4 Å². The summed E-state index contributed by atoms with van der Waals surface area (Å²) in [5, 5.41) is 18.4. The van der Waals surface area contributed by atoms with Crippen LogP contribution >= 0.6 is 15.8 Å². The third-order valence-corrected chi connectivity index (χ3v) is 17.3. The van der Waals surface area contributed by atoms with Crippen LogP contribution in [0.25, 0.3) is 43.1 Å². The van der Waals surface area contributed by atoms with E-state index in [-0.39, 0.29) is 44.8 Å². The molecular weight excluding hydrogens is 1200 g/mol. The predicted octanol–water partition coefficient (Wildman–Crippen LogP) is 12.5. The molecular formula is C62H44Au2P2+2. The predicted molar refractivity (Wildman–Crippen MR) is 282 cm³/mol. The Hall–Kier alpha value is -6.08. The van der Waals surface area contributed by atoms with Crippen LogP contribution in [0.4, 0.5) is 0 Å². The van der Waals surface area contributed by atoms with Crippen molar-refractivity contribution < 1.29 is 44.8 Å². The van der Waals surface area contributed by atoms with E-state index in [4.69, 9.17) is 12.8 Å². The van der Waals surface area contributed by atoms with Crippen LogP contribution in [0.2, 0.25) is 0 Å². The van der Waals surface area contributed by atoms with Crippen LogP contribution in [0.5, 0.6) is 0 Å². The first-order valence-electron chi connectivity index (χ1n) is 21.4. The van der Waals surface area contributed by atoms with E-state index in [0.717, 1.165) is 21.9 Å². The van der Waals surface area contributed by atoms with Gasteiger partial charge in [-0.1, -0.05) is 146 Å². The van der Waals surface area contributed by atoms with Crippen LogP contribution in [0.1, 0.15) is 11.1 Å². The van der Waals surface area contributed by atoms with Gasteiger partial charge in [0.2, 0.25) is 0 Å². The van der Waals surface area contributed by atoms with E-state index in [2.05, 4.69) is 206 Å². The molecule has 0 bridgehead atoms. The normalized spacial score (nSPS) is 10.4. The zero-order chi connectivity index (χ0) is 43.5. The van der Waals surface area contributed by atoms with E-state index >= 15 is 0 Å². The van der Waals surface area contributed by atoms with Crippen molar-refractivity contribution in [1.29, 1.82) is 0 Å². The average molecular weight is 1240 g/mol. The van der Waals surface area contributed by atoms with E-state index in [0.29, 0.717) is 0 Å². The summed E-state index contributed by atoms with van der Waals surface area (Å²) in [6, 6.07) is 90.6. The molecule has 11 aromatic rings. The Morgan fingerprint density at radius 2 is 0.485 bits per heavy atom. The molecule has 11 aromatic carbocycles. The molecule has 11 rings (SSSR count). The number of rotatable bonds is 6. The summed E-state index contributed by atoms with van der Waals surface area (Å²) in [6.45, 7) is 0. The van der Waals surface area contributed by atoms with Gasteiger partial charge in [-0.25, -0.2) is 0 Å². The van der Waals surface area contributed by atoms with Crippen LogP contribution in [0.15, 0.2) is 255 Å². The minimum absolute atomic E-state index is 0. The van der Waals surface area contributed by atoms with Gasteiger partial charge in [0.1, 0.15) is 47.7 Å². The van der Waals surface area contributed by atoms with E-state index in [1.54, 1.807) is 0 Å². The summed E-state index contributed by atoms with van der Waals surface area (Å²) in [7, 11) is -2.28. The maximum Gasteiger partial charge on any atom is 1.00 e. The first kappa shape index (κ1) is 47.9. The number of benzene rings is 11. The fourth-order valence-corrected chi connectivity index (χ4v) is 14.3. The van der Waals surface area contributed by atoms with Crippen LogP contribution < -0.4 is 31.8 Å². The van der Waals surface area contributed by atoms with E-state index in [9.17, 15) is 0 Å². The maximum absolute atomic E-state index is 7.13. The quantitative estimate of drug-likeness (QED) is 0.0512. The van der Waals surface area contributed by atoms with Gasteiger partial charge in [0.25, 0.3) is 0 Å². The van der Waals surface area contributed by atoms with E-state index < -0.39 is 15.8 Å². The molecule has 0 fully saturated rings. The smallest absolute Gasteiger partial charge is 0.366 e. The molecule has 66 heavy (non-hydrogen) atoms. The van der Waals surface area contributed by atoms with Gasteiger partial charge in [0, 0.05) is 0 Å². The molecule has 0 unspecified atom stereocenters. The van der Waals surface area contributed by atoms with Crippen molar-refractivity contribution >= 4 is 90.8 Å². The molecule has 4 heteroatoms. The fourth-order valence-electron chi connectivity index (χ4n) is 8.33. The summed E-state index contributed by atoms with van der Waals surface area (Å²) in [4.78, 5) is 0. The summed E-state index contributed by atoms with van der Waals surface area (Å²) in [5.41, 5.74) is 1.64. The Labute approximate surface area is 422 Å². The van der Waals surface area contributed by atoms with Crippen molar-refractivity contribution in [2.24, 2.45) is 0 Å². The Bertz CT molecular complexity index is 3110. The molecule has 0 N–H and O–H groups in total. The first-order valence-corrected chi connectivity index (χ1v) is 24.4. The molecule has 0 atom stereocenters. The van der Waals surface area contributed by atoms with Gasteiger partial charge in [-0.05, 0) is 128 Å². The first-order chi connectivity index (χ1) is 31.6. The Balaban J connectivity index is 0.000000160. The van der Waals surface area contributed by atoms with Crippen molar-refractivity contribution in [3.63, 3.8) is 0 Å². The zero-order valence-electron chi connectivity index (χ0n) is 35.9. The molecule has 0 radical (unpaired) electrons. The van der Waals surface area contributed by atoms with E-state index in [1.807, 2.05) is 60.7 Å². The van der Waals surface area contributed by atoms with Crippen molar-refractivity contribution in [2.75, 3.05) is 0 Å². The SMILES string of the molecule is [Au+].[Au+].[C-]#Cc1ccc2cc3ccccc3cc2c1.[C-]#Cc1ccc2cc3ccccc3cc2c1.c1ccc([PH+](c2ccccc2)c2ccccc2[PH+](c2ccccc2)c2ccccc2)cc1. The second-order valence-electron chi connectivity index (χ2n) is 15.5. The summed E-state index contributed by atoms with van der Waals surface area (Å²) < 4.78 is 0. The van der Waals surface area contributed by atoms with Gasteiger partial charge in [-0.3, -0.25) is 11.8 Å². The van der Waals surface area contributed by atoms with Gasteiger partial charge in [0.05, 0.1) is 0 Å². The molecule has 0 saturated carbocycles. The number of hydrogen-bond donors (Lipinski definition) is 0. The average Bonchev–Trinajstić information content (AvgIpc) is 3.37. The standard InChI is InChI=1S/C30H24P2.2C16H9.2Au/c1-5-15-25(16-6-1)31(26-17-7-2-8-18-26)29-23-13-14-24-30(29)32(27-19-9-3-10-20-27)28-21-11-4-12-22-28;2*1-2-12-7-8-15-10-13-5-3-4-6-14(13)11-16(15)9-12;;/h1-24H;2*3-11H;;/q;2*-1;2*+1/p+2. The second-order valence-corrected chi connectivity index (χ2v) is 20.4. The molecule has 0 aliphatic rings. The molecule has 0 aromatic heterocycles. The minimum Gasteiger partial charge on any atom is -0.366 e. The van der Waals surface area contributed by atoms with Crippen molar-refractivity contribution in [1.82, 2.24) is 0 Å². The molecule has 0 aliphatic carbocycles. The molecule has 0 saturated heterocycles. The Morgan fingerprint density at radius 1 is 0.242 bits per heavy atom. The van der Waals surface area contributed by atoms with Crippen molar-refractivity contribution in [2.45, 2.75) is 0 Å². The van der Waals surface area contributed by atoms with Crippen LogP contribution in [-0.4, -0.2) is 0 Å². The Kier molecular flexibility index (Phi) is 17.0. The van der Waals surface area contributed by atoms with Gasteiger partial charge in [0.15, 0.2) is 0 Å². The van der Waals surface area contributed by atoms with E-state index in [1.165, 1.54) is 64.1 Å². The summed E-state index contributed by atoms with van der Waals surface area (Å²) in [6.07, 6.45) is 14.3. The Morgan fingerprint density at radius 3 is 0.773 bits per heavy atom.